The van der Waals surface area contributed by atoms with Crippen LogP contribution in [0.15, 0.2) is 53.8 Å². The van der Waals surface area contributed by atoms with Crippen molar-refractivity contribution in [1.82, 2.24) is 9.97 Å². The van der Waals surface area contributed by atoms with E-state index in [1.54, 1.807) is 30.6 Å². The fourth-order valence-corrected chi connectivity index (χ4v) is 3.03. The Labute approximate surface area is 165 Å². The lowest BCUT2D eigenvalue weighted by Gasteiger charge is -2.08. The average molecular weight is 393 g/mol. The lowest BCUT2D eigenvalue weighted by molar-refractivity contribution is -0.115. The van der Waals surface area contributed by atoms with Crippen LogP contribution in [0.2, 0.25) is 0 Å². The maximum absolute atomic E-state index is 14.4. The second-order valence-corrected chi connectivity index (χ2v) is 6.61. The van der Waals surface area contributed by atoms with E-state index in [1.165, 1.54) is 24.4 Å². The number of aryl methyl sites for hydroxylation is 1. The topological polar surface area (TPSA) is 79.3 Å². The minimum Gasteiger partial charge on any atom is -0.377 e. The molecule has 2 aromatic carbocycles. The van der Waals surface area contributed by atoms with E-state index < -0.39 is 17.6 Å². The summed E-state index contributed by atoms with van der Waals surface area (Å²) in [7, 11) is 0. The van der Waals surface area contributed by atoms with Crippen LogP contribution in [0.3, 0.4) is 0 Å². The fourth-order valence-electron chi connectivity index (χ4n) is 3.03. The molecule has 0 spiro atoms. The number of hydrogen-bond donors (Lipinski definition) is 2. The molecular weight excluding hydrogens is 376 g/mol. The lowest BCUT2D eigenvalue weighted by Crippen LogP contribution is -2.13. The Morgan fingerprint density at radius 3 is 2.79 bits per heavy atom. The molecule has 1 aromatic heterocycles. The van der Waals surface area contributed by atoms with Gasteiger partial charge in [0.25, 0.3) is 0 Å². The maximum Gasteiger partial charge on any atom is 0.237 e. The highest BCUT2D eigenvalue weighted by Crippen LogP contribution is 2.34. The quantitative estimate of drug-likeness (QED) is 0.640. The summed E-state index contributed by atoms with van der Waals surface area (Å²) in [6.07, 6.45) is 4.60. The zero-order valence-corrected chi connectivity index (χ0v) is 15.5. The zero-order valence-electron chi connectivity index (χ0n) is 15.5. The molecule has 0 bridgehead atoms. The van der Waals surface area contributed by atoms with Crippen molar-refractivity contribution < 1.29 is 13.6 Å². The summed E-state index contributed by atoms with van der Waals surface area (Å²) < 4.78 is 28.5. The number of carbonyl (C=O) groups excluding carboxylic acids is 1. The summed E-state index contributed by atoms with van der Waals surface area (Å²) >= 11 is 0. The minimum absolute atomic E-state index is 0.249. The van der Waals surface area contributed by atoms with E-state index in [9.17, 15) is 13.6 Å². The first-order chi connectivity index (χ1) is 14.0. The molecule has 29 heavy (non-hydrogen) atoms. The Bertz CT molecular complexity index is 1100. The van der Waals surface area contributed by atoms with Gasteiger partial charge in [-0.05, 0) is 31.2 Å². The Balaban J connectivity index is 1.47. The van der Waals surface area contributed by atoms with Crippen LogP contribution in [-0.4, -0.2) is 22.1 Å². The fraction of sp³-hybridized carbons (Fsp3) is 0.143. The smallest absolute Gasteiger partial charge is 0.237 e. The maximum atomic E-state index is 14.4. The van der Waals surface area contributed by atoms with Gasteiger partial charge in [-0.25, -0.2) is 8.78 Å². The first-order valence-electron chi connectivity index (χ1n) is 8.95. The van der Waals surface area contributed by atoms with E-state index in [2.05, 4.69) is 25.6 Å². The number of benzene rings is 2. The monoisotopic (exact) mass is 393 g/mol. The summed E-state index contributed by atoms with van der Waals surface area (Å²) in [5, 5.41) is 5.57. The third-order valence-corrected chi connectivity index (χ3v) is 4.52. The summed E-state index contributed by atoms with van der Waals surface area (Å²) in [5.74, 6) is -2.21. The zero-order chi connectivity index (χ0) is 20.4. The summed E-state index contributed by atoms with van der Waals surface area (Å²) in [5.41, 5.74) is 2.78. The molecule has 8 heteroatoms. The molecule has 1 aliphatic rings. The Morgan fingerprint density at radius 1 is 1.17 bits per heavy atom. The number of nitrogens with zero attached hydrogens (tertiary/aromatic N) is 3. The molecule has 1 atom stereocenters. The molecule has 6 nitrogen and oxygen atoms in total. The molecule has 2 heterocycles. The highest BCUT2D eigenvalue weighted by molar-refractivity contribution is 6.12. The van der Waals surface area contributed by atoms with E-state index in [0.29, 0.717) is 29.3 Å². The van der Waals surface area contributed by atoms with Crippen molar-refractivity contribution in [2.75, 3.05) is 10.6 Å². The van der Waals surface area contributed by atoms with Gasteiger partial charge in [0, 0.05) is 29.7 Å². The normalized spacial score (nSPS) is 15.4. The van der Waals surface area contributed by atoms with Crippen molar-refractivity contribution in [2.45, 2.75) is 19.4 Å². The van der Waals surface area contributed by atoms with Gasteiger partial charge in [0.1, 0.15) is 17.6 Å². The molecule has 0 saturated heterocycles. The van der Waals surface area contributed by atoms with Gasteiger partial charge in [0.2, 0.25) is 5.91 Å². The summed E-state index contributed by atoms with van der Waals surface area (Å²) in [6, 6.07) is 8.85. The number of carbonyl (C=O) groups is 1. The van der Waals surface area contributed by atoms with Crippen LogP contribution in [0.5, 0.6) is 0 Å². The average Bonchev–Trinajstić information content (AvgIpc) is 3.03. The molecule has 3 aromatic rings. The molecule has 1 amide bonds. The molecule has 0 fully saturated rings. The second-order valence-electron chi connectivity index (χ2n) is 6.61. The first kappa shape index (κ1) is 18.7. The highest BCUT2D eigenvalue weighted by Gasteiger charge is 2.31. The van der Waals surface area contributed by atoms with Crippen molar-refractivity contribution in [3.8, 4) is 0 Å². The van der Waals surface area contributed by atoms with Crippen LogP contribution in [0.4, 0.5) is 25.8 Å². The number of hydrogen-bond acceptors (Lipinski definition) is 5. The van der Waals surface area contributed by atoms with Gasteiger partial charge in [-0.15, -0.1) is 0 Å². The third-order valence-electron chi connectivity index (χ3n) is 4.52. The van der Waals surface area contributed by atoms with Crippen LogP contribution in [0, 0.1) is 18.6 Å². The SMILES string of the molecule is Cc1cnc(CNc2ccc(N=CC3C(=O)Nc4cccc(F)c43)cc2F)cn1. The molecule has 146 valence electrons. The third kappa shape index (κ3) is 3.96. The predicted molar refractivity (Wildman–Crippen MR) is 106 cm³/mol. The van der Waals surface area contributed by atoms with Crippen molar-refractivity contribution >= 4 is 29.2 Å². The number of nitrogens with one attached hydrogen (secondary N) is 2. The highest BCUT2D eigenvalue weighted by atomic mass is 19.1. The Kier molecular flexibility index (Phi) is 4.99. The van der Waals surface area contributed by atoms with Crippen molar-refractivity contribution in [3.63, 3.8) is 0 Å². The van der Waals surface area contributed by atoms with Crippen LogP contribution < -0.4 is 10.6 Å². The summed E-state index contributed by atoms with van der Waals surface area (Å²) in [6.45, 7) is 2.16. The van der Waals surface area contributed by atoms with Gasteiger partial charge >= 0.3 is 0 Å². The van der Waals surface area contributed by atoms with E-state index in [0.717, 1.165) is 5.69 Å². The second kappa shape index (κ2) is 7.75. The molecule has 0 saturated carbocycles. The molecule has 1 aliphatic heterocycles. The van der Waals surface area contributed by atoms with Gasteiger partial charge in [-0.2, -0.15) is 0 Å². The first-order valence-corrected chi connectivity index (χ1v) is 8.95. The summed E-state index contributed by atoms with van der Waals surface area (Å²) in [4.78, 5) is 24.6. The number of rotatable bonds is 5. The number of aromatic nitrogens is 2. The van der Waals surface area contributed by atoms with Gasteiger partial charge in [0.05, 0.1) is 35.5 Å². The van der Waals surface area contributed by atoms with E-state index in [4.69, 9.17) is 0 Å². The van der Waals surface area contributed by atoms with E-state index in [-0.39, 0.29) is 11.5 Å². The van der Waals surface area contributed by atoms with Gasteiger partial charge in [-0.3, -0.25) is 19.8 Å². The number of fused-ring (bicyclic) bond motifs is 1. The van der Waals surface area contributed by atoms with Crippen molar-refractivity contribution in [1.29, 1.82) is 0 Å². The van der Waals surface area contributed by atoms with Crippen LogP contribution in [-0.2, 0) is 11.3 Å². The number of aliphatic imine (C=N–C) groups is 1. The van der Waals surface area contributed by atoms with Crippen LogP contribution in [0.1, 0.15) is 22.9 Å². The standard InChI is InChI=1S/C21H17F2N5O/c1-12-8-25-14(9-24-12)10-27-18-6-5-13(7-17(18)23)26-11-15-20-16(22)3-2-4-19(20)28-21(15)29/h2-9,11,15,27H,10H2,1H3,(H,28,29). The number of halogens is 2. The van der Waals surface area contributed by atoms with E-state index in [1.807, 2.05) is 6.92 Å². The number of amides is 1. The molecule has 4 rings (SSSR count). The van der Waals surface area contributed by atoms with Gasteiger partial charge in [-0.1, -0.05) is 6.07 Å². The molecule has 2 N–H and O–H groups in total. The molecular formula is C21H17F2N5O. The molecule has 0 radical (unpaired) electrons. The van der Waals surface area contributed by atoms with Crippen LogP contribution in [0.25, 0.3) is 0 Å². The van der Waals surface area contributed by atoms with Crippen molar-refractivity contribution in [3.05, 3.63) is 77.4 Å². The van der Waals surface area contributed by atoms with Crippen LogP contribution >= 0.6 is 0 Å². The lowest BCUT2D eigenvalue weighted by atomic mass is 10.0. The van der Waals surface area contributed by atoms with Gasteiger partial charge in [0.15, 0.2) is 0 Å². The van der Waals surface area contributed by atoms with Crippen molar-refractivity contribution in [2.24, 2.45) is 4.99 Å². The predicted octanol–water partition coefficient (Wildman–Crippen LogP) is 4.11. The minimum atomic E-state index is -0.854. The number of anilines is 2. The Morgan fingerprint density at radius 2 is 2.03 bits per heavy atom. The van der Waals surface area contributed by atoms with Gasteiger partial charge < -0.3 is 10.6 Å². The Hall–Kier alpha value is -3.68. The largest absolute Gasteiger partial charge is 0.377 e. The molecule has 1 unspecified atom stereocenters. The molecule has 0 aliphatic carbocycles. The van der Waals surface area contributed by atoms with E-state index >= 15 is 0 Å².